The highest BCUT2D eigenvalue weighted by atomic mass is 32.2. The number of guanidine groups is 2. The lowest BCUT2D eigenvalue weighted by atomic mass is 9.98. The van der Waals surface area contributed by atoms with Crippen LogP contribution in [0.5, 0.6) is 0 Å². The van der Waals surface area contributed by atoms with Gasteiger partial charge in [-0.25, -0.2) is 0 Å². The zero-order valence-electron chi connectivity index (χ0n) is 64.0. The Morgan fingerprint density at radius 1 is 0.536 bits per heavy atom. The first-order valence-electron chi connectivity index (χ1n) is 36.1. The number of rotatable bonds is 23. The number of nitrogens with zero attached hydrogens (tertiary/aromatic N) is 3. The highest BCUT2D eigenvalue weighted by Crippen LogP contribution is 2.22. The summed E-state index contributed by atoms with van der Waals surface area (Å²) in [4.78, 5) is 244. The third-order valence-corrected chi connectivity index (χ3v) is 18.7. The zero-order valence-corrected chi connectivity index (χ0v) is 65.7. The fourth-order valence-electron chi connectivity index (χ4n) is 10.6. The second kappa shape index (κ2) is 50.1. The second-order valence-electron chi connectivity index (χ2n) is 26.9. The molecule has 1 aromatic heterocycles. The van der Waals surface area contributed by atoms with Crippen LogP contribution in [-0.2, 0) is 87.9 Å². The van der Waals surface area contributed by atoms with Crippen LogP contribution in [0.15, 0.2) is 26.4 Å². The van der Waals surface area contributed by atoms with Crippen LogP contribution < -0.4 is 103 Å². The lowest BCUT2D eigenvalue weighted by Gasteiger charge is -2.28. The SMILES string of the molecule is CCC1NC(=O)CN=C(SC)c2cc(cs2)CCNC(=O)[C@H](CCCN=C(N)N)NC(=O)[C@H](CCCN=C(N)N)NC(=O)[C@H](CC(=O)O)NC(=O)C(C(C)C)NC(=O)[C@H](CCC(N)=O)NC(=O)[C@H](CC(=O)O)NC(=O)CNC(=O)C([C@@H](C)CC)NC(=O)CNC(=O)[C@H](CO)NC(=O)[C@H](CC(C)C)NC(=O)C([C@@H](C)O)NC1=O. The van der Waals surface area contributed by atoms with E-state index >= 15 is 0 Å². The summed E-state index contributed by atoms with van der Waals surface area (Å²) in [5.41, 5.74) is 28.2. The normalized spacial score (nSPS) is 23.9. The molecule has 13 atom stereocenters. The number of nitrogens with one attached hydrogen (secondary N) is 14. The summed E-state index contributed by atoms with van der Waals surface area (Å²) >= 11 is 2.44. The molecule has 626 valence electrons. The summed E-state index contributed by atoms with van der Waals surface area (Å²) in [7, 11) is 0. The van der Waals surface area contributed by atoms with Crippen LogP contribution in [-0.4, -0.2) is 263 Å². The van der Waals surface area contributed by atoms with Crippen molar-refractivity contribution in [3.8, 4) is 0 Å². The van der Waals surface area contributed by atoms with E-state index in [1.54, 1.807) is 45.4 Å². The van der Waals surface area contributed by atoms with Gasteiger partial charge in [-0.15, -0.1) is 23.1 Å². The average Bonchev–Trinajstić information content (AvgIpc) is 0.996. The number of hydrogen-bond acceptors (Lipinski definition) is 24. The van der Waals surface area contributed by atoms with Crippen LogP contribution in [0.1, 0.15) is 136 Å². The van der Waals surface area contributed by atoms with E-state index in [-0.39, 0.29) is 88.8 Å². The molecule has 2 rings (SSSR count). The molecule has 112 heavy (non-hydrogen) atoms. The number of aliphatic hydroxyl groups excluding tert-OH is 2. The minimum absolute atomic E-state index is 0.00219. The number of aliphatic imine (C=N–C) groups is 3. The fraction of sp³-hybridized carbons (Fsp3) is 0.642. The number of carboxylic acid groups (broad SMARTS) is 2. The quantitative estimate of drug-likeness (QED) is 0.0275. The molecule has 1 aliphatic rings. The third-order valence-electron chi connectivity index (χ3n) is 16.8. The minimum atomic E-state index is -2.04. The van der Waals surface area contributed by atoms with Crippen LogP contribution in [0.4, 0.5) is 0 Å². The predicted octanol–water partition coefficient (Wildman–Crippen LogP) is -8.05. The molecule has 4 unspecified atom stereocenters. The Hall–Kier alpha value is -10.8. The largest absolute Gasteiger partial charge is 0.481 e. The van der Waals surface area contributed by atoms with Crippen molar-refractivity contribution in [1.82, 2.24) is 74.4 Å². The first kappa shape index (κ1) is 97.2. The van der Waals surface area contributed by atoms with E-state index in [0.29, 0.717) is 15.5 Å². The van der Waals surface area contributed by atoms with Crippen LogP contribution in [0.3, 0.4) is 0 Å². The predicted molar refractivity (Wildman–Crippen MR) is 409 cm³/mol. The van der Waals surface area contributed by atoms with Gasteiger partial charge in [-0.1, -0.05) is 54.9 Å². The molecule has 1 aromatic rings. The van der Waals surface area contributed by atoms with Gasteiger partial charge in [0, 0.05) is 26.1 Å². The molecule has 0 aliphatic carbocycles. The first-order chi connectivity index (χ1) is 52.6. The molecule has 1 aliphatic heterocycles. The second-order valence-corrected chi connectivity index (χ2v) is 28.6. The number of nitrogens with two attached hydrogens (primary N) is 5. The van der Waals surface area contributed by atoms with Crippen molar-refractivity contribution < 1.29 is 102 Å². The molecule has 43 nitrogen and oxygen atoms in total. The maximum Gasteiger partial charge on any atom is 0.305 e. The fourth-order valence-corrected chi connectivity index (χ4v) is 12.3. The molecule has 0 saturated carbocycles. The number of carbonyl (C=O) groups is 17. The van der Waals surface area contributed by atoms with Gasteiger partial charge >= 0.3 is 11.9 Å². The summed E-state index contributed by atoms with van der Waals surface area (Å²) in [6.45, 7) is 8.58. The van der Waals surface area contributed by atoms with Crippen molar-refractivity contribution in [1.29, 1.82) is 0 Å². The van der Waals surface area contributed by atoms with Crippen LogP contribution in [0.25, 0.3) is 0 Å². The summed E-state index contributed by atoms with van der Waals surface area (Å²) in [6.07, 6.45) is -3.38. The van der Waals surface area contributed by atoms with Gasteiger partial charge in [0.1, 0.15) is 78.0 Å². The Labute approximate surface area is 654 Å². The number of carbonyl (C=O) groups excluding carboxylic acids is 15. The molecule has 0 saturated heterocycles. The highest BCUT2D eigenvalue weighted by Gasteiger charge is 2.38. The number of thioether (sulfide) groups is 1. The first-order valence-corrected chi connectivity index (χ1v) is 38.2. The summed E-state index contributed by atoms with van der Waals surface area (Å²) in [5, 5.41) is 76.5. The van der Waals surface area contributed by atoms with Gasteiger partial charge in [-0.3, -0.25) is 96.5 Å². The van der Waals surface area contributed by atoms with Crippen molar-refractivity contribution in [2.75, 3.05) is 52.1 Å². The van der Waals surface area contributed by atoms with Crippen molar-refractivity contribution in [2.24, 2.45) is 61.4 Å². The average molecular weight is 1620 g/mol. The van der Waals surface area contributed by atoms with E-state index in [1.165, 1.54) is 50.8 Å². The van der Waals surface area contributed by atoms with Crippen molar-refractivity contribution in [3.05, 3.63) is 21.9 Å². The molecular weight excluding hydrogens is 1510 g/mol. The van der Waals surface area contributed by atoms with Gasteiger partial charge in [0.05, 0.1) is 43.5 Å². The Bertz CT molecular complexity index is 3550. The van der Waals surface area contributed by atoms with E-state index in [0.717, 1.165) is 0 Å². The van der Waals surface area contributed by atoms with Gasteiger partial charge in [0.2, 0.25) is 88.6 Å². The zero-order chi connectivity index (χ0) is 84.6. The Kier molecular flexibility index (Phi) is 43.5. The molecule has 28 N–H and O–H groups in total. The molecule has 0 aromatic carbocycles. The van der Waals surface area contributed by atoms with E-state index in [1.807, 2.05) is 0 Å². The number of aliphatic hydroxyl groups is 2. The number of fused-ring (bicyclic) bond motifs is 2. The lowest BCUT2D eigenvalue weighted by molar-refractivity contribution is -0.142. The van der Waals surface area contributed by atoms with Crippen molar-refractivity contribution in [2.45, 2.75) is 205 Å². The molecule has 0 fully saturated rings. The standard InChI is InChI=1S/C67H110N22O21S2/c1-10-33(7)52-62(108)77-26-46(93)80-41(24-49(96)97)60(106)83-39(16-17-45(68)92)58(104)88-51(32(5)6)63(109)85-42(25-50(98)99)61(107)82-38(15-13-20-75-67(71)72)57(103)81-37(14-12-19-74-66(69)70)54(100)73-21-18-35-23-44(112-30-35)65(111-9)78-28-47(94)79-36(11-2)56(102)89-53(34(8)91)64(110)84-40(22-31(3)4)59(105)86-43(29-90)55(101)76-27-48(95)87-52/h23,30-34,36-43,51-53,90-91H,10-22,24-29H2,1-9H3,(H2,68,92)(H,73,100)(H,76,101)(H,77,108)(H,79,94)(H,80,93)(H,81,103)(H,82,107)(H,83,106)(H,84,110)(H,85,109)(H,86,105)(H,87,95)(H,88,104)(H,89,102)(H,96,97)(H,98,99)(H4,69,70,74)(H4,71,72,75)/t33-,34+,36?,37-,38-,39-,40-,41-,42-,43-,51?,52?,53?/m0/s1. The minimum Gasteiger partial charge on any atom is -0.481 e. The topological polar surface area (TPSA) is 707 Å². The number of thiophene rings is 1. The van der Waals surface area contributed by atoms with Gasteiger partial charge in [0.25, 0.3) is 0 Å². The van der Waals surface area contributed by atoms with Gasteiger partial charge in [-0.05, 0) is 99.3 Å². The summed E-state index contributed by atoms with van der Waals surface area (Å²) in [5.74, 6) is -21.7. The van der Waals surface area contributed by atoms with Crippen molar-refractivity contribution in [3.63, 3.8) is 0 Å². The highest BCUT2D eigenvalue weighted by molar-refractivity contribution is 8.14. The van der Waals surface area contributed by atoms with E-state index in [4.69, 9.17) is 28.7 Å². The number of primary amides is 1. The van der Waals surface area contributed by atoms with Gasteiger partial charge in [0.15, 0.2) is 11.9 Å². The molecule has 2 heterocycles. The Morgan fingerprint density at radius 3 is 1.48 bits per heavy atom. The molecular formula is C67H110N22O21S2. The maximum atomic E-state index is 14.4. The molecule has 0 radical (unpaired) electrons. The third kappa shape index (κ3) is 36.3. The Morgan fingerprint density at radius 2 is 0.982 bits per heavy atom. The molecule has 15 amide bonds. The number of carboxylic acids is 2. The molecule has 45 heteroatoms. The lowest BCUT2D eigenvalue weighted by Crippen LogP contribution is -2.61. The maximum absolute atomic E-state index is 14.4. The smallest absolute Gasteiger partial charge is 0.305 e. The molecule has 2 bridgehead atoms. The van der Waals surface area contributed by atoms with Crippen LogP contribution in [0, 0.1) is 17.8 Å². The van der Waals surface area contributed by atoms with E-state index < -0.39 is 237 Å². The summed E-state index contributed by atoms with van der Waals surface area (Å²) < 4.78 is 0. The number of aliphatic carboxylic acids is 2. The molecule has 0 spiro atoms. The monoisotopic (exact) mass is 1620 g/mol. The number of amides is 15. The van der Waals surface area contributed by atoms with Crippen molar-refractivity contribution >= 4 is 141 Å². The Balaban J connectivity index is 2.78. The van der Waals surface area contributed by atoms with Gasteiger partial charge in [-0.2, -0.15) is 0 Å². The van der Waals surface area contributed by atoms with E-state index in [9.17, 15) is 102 Å². The number of hydrogen-bond donors (Lipinski definition) is 23. The van der Waals surface area contributed by atoms with Crippen LogP contribution in [0.2, 0.25) is 0 Å². The van der Waals surface area contributed by atoms with Crippen LogP contribution >= 0.6 is 23.1 Å². The summed E-state index contributed by atoms with van der Waals surface area (Å²) in [6, 6.07) is -16.5. The van der Waals surface area contributed by atoms with E-state index in [2.05, 4.69) is 89.4 Å². The van der Waals surface area contributed by atoms with Gasteiger partial charge < -0.3 is 124 Å².